The number of hydrogen-bond donors (Lipinski definition) is 1. The van der Waals surface area contributed by atoms with Gasteiger partial charge in [-0.15, -0.1) is 0 Å². The quantitative estimate of drug-likeness (QED) is 0.651. The smallest absolute Gasteiger partial charge is 0.119 e. The molecule has 1 aromatic rings. The van der Waals surface area contributed by atoms with Gasteiger partial charge in [0.15, 0.2) is 0 Å². The van der Waals surface area contributed by atoms with Gasteiger partial charge in [-0.2, -0.15) is 0 Å². The summed E-state index contributed by atoms with van der Waals surface area (Å²) in [6.45, 7) is 2.67. The lowest BCUT2D eigenvalue weighted by Gasteiger charge is -2.20. The van der Waals surface area contributed by atoms with Crippen LogP contribution in [0, 0.1) is 5.92 Å². The first-order valence-electron chi connectivity index (χ1n) is 6.86. The number of aliphatic imine (C=N–C) groups is 1. The molecule has 2 N–H and O–H groups in total. The lowest BCUT2D eigenvalue weighted by molar-refractivity contribution is 0.340. The molecule has 1 aliphatic carbocycles. The summed E-state index contributed by atoms with van der Waals surface area (Å²) in [6, 6.07) is 7.80. The molecule has 0 aliphatic heterocycles. The molecular weight excluding hydrogens is 224 g/mol. The molecule has 18 heavy (non-hydrogen) atoms. The van der Waals surface area contributed by atoms with Crippen LogP contribution in [0.3, 0.4) is 0 Å². The van der Waals surface area contributed by atoms with Crippen LogP contribution in [0.25, 0.3) is 0 Å². The van der Waals surface area contributed by atoms with Crippen molar-refractivity contribution < 1.29 is 4.74 Å². The zero-order chi connectivity index (χ0) is 12.8. The van der Waals surface area contributed by atoms with Crippen LogP contribution in [0.2, 0.25) is 0 Å². The largest absolute Gasteiger partial charge is 0.494 e. The summed E-state index contributed by atoms with van der Waals surface area (Å²) in [6.07, 6.45) is 6.28. The van der Waals surface area contributed by atoms with E-state index in [1.165, 1.54) is 32.1 Å². The number of rotatable bonds is 4. The summed E-state index contributed by atoms with van der Waals surface area (Å²) in [7, 11) is 0. The molecule has 0 bridgehead atoms. The maximum atomic E-state index is 6.10. The van der Waals surface area contributed by atoms with E-state index in [1.807, 2.05) is 31.2 Å². The number of nitrogens with zero attached hydrogens (tertiary/aromatic N) is 1. The van der Waals surface area contributed by atoms with Gasteiger partial charge in [0, 0.05) is 5.92 Å². The number of ether oxygens (including phenoxy) is 1. The lowest BCUT2D eigenvalue weighted by atomic mass is 9.88. The molecular formula is C15H22N2O. The van der Waals surface area contributed by atoms with Crippen molar-refractivity contribution in [2.45, 2.75) is 39.0 Å². The van der Waals surface area contributed by atoms with Gasteiger partial charge >= 0.3 is 0 Å². The molecule has 0 heterocycles. The standard InChI is InChI=1S/C15H22N2O/c1-2-18-14-10-8-13(9-11-14)17-15(16)12-6-4-3-5-7-12/h8-12H,2-7H2,1H3,(H2,16,17). The molecule has 98 valence electrons. The second-order valence-electron chi connectivity index (χ2n) is 4.80. The molecule has 0 saturated heterocycles. The van der Waals surface area contributed by atoms with Crippen molar-refractivity contribution in [2.24, 2.45) is 16.6 Å². The van der Waals surface area contributed by atoms with Crippen molar-refractivity contribution in [3.05, 3.63) is 24.3 Å². The van der Waals surface area contributed by atoms with Gasteiger partial charge in [0.25, 0.3) is 0 Å². The van der Waals surface area contributed by atoms with E-state index in [-0.39, 0.29) is 0 Å². The Labute approximate surface area is 109 Å². The molecule has 0 atom stereocenters. The van der Waals surface area contributed by atoms with Gasteiger partial charge < -0.3 is 10.5 Å². The predicted molar refractivity (Wildman–Crippen MR) is 75.5 cm³/mol. The zero-order valence-corrected chi connectivity index (χ0v) is 11.1. The van der Waals surface area contributed by atoms with E-state index in [0.29, 0.717) is 12.5 Å². The number of hydrogen-bond acceptors (Lipinski definition) is 2. The van der Waals surface area contributed by atoms with Gasteiger partial charge in [0.2, 0.25) is 0 Å². The van der Waals surface area contributed by atoms with Gasteiger partial charge in [-0.05, 0) is 44.0 Å². The summed E-state index contributed by atoms with van der Waals surface area (Å²) in [4.78, 5) is 4.52. The van der Waals surface area contributed by atoms with Gasteiger partial charge in [-0.25, -0.2) is 4.99 Å². The molecule has 1 fully saturated rings. The molecule has 3 nitrogen and oxygen atoms in total. The van der Waals surface area contributed by atoms with Crippen LogP contribution >= 0.6 is 0 Å². The minimum atomic E-state index is 0.477. The van der Waals surface area contributed by atoms with E-state index in [1.54, 1.807) is 0 Å². The Morgan fingerprint density at radius 3 is 2.50 bits per heavy atom. The Balaban J connectivity index is 2.01. The third kappa shape index (κ3) is 3.49. The van der Waals surface area contributed by atoms with Crippen LogP contribution < -0.4 is 10.5 Å². The lowest BCUT2D eigenvalue weighted by Crippen LogP contribution is -2.25. The van der Waals surface area contributed by atoms with Gasteiger partial charge in [-0.3, -0.25) is 0 Å². The summed E-state index contributed by atoms with van der Waals surface area (Å²) in [5.74, 6) is 2.15. The fourth-order valence-corrected chi connectivity index (χ4v) is 2.42. The highest BCUT2D eigenvalue weighted by Crippen LogP contribution is 2.25. The van der Waals surface area contributed by atoms with Gasteiger partial charge in [0.1, 0.15) is 11.6 Å². The van der Waals surface area contributed by atoms with Crippen LogP contribution in [0.1, 0.15) is 39.0 Å². The predicted octanol–water partition coefficient (Wildman–Crippen LogP) is 3.65. The van der Waals surface area contributed by atoms with Crippen molar-refractivity contribution in [1.82, 2.24) is 0 Å². The monoisotopic (exact) mass is 246 g/mol. The maximum Gasteiger partial charge on any atom is 0.119 e. The fraction of sp³-hybridized carbons (Fsp3) is 0.533. The zero-order valence-electron chi connectivity index (χ0n) is 11.1. The topological polar surface area (TPSA) is 47.6 Å². The summed E-state index contributed by atoms with van der Waals surface area (Å²) >= 11 is 0. The van der Waals surface area contributed by atoms with Crippen LogP contribution in [0.15, 0.2) is 29.3 Å². The van der Waals surface area contributed by atoms with Crippen molar-refractivity contribution in [3.8, 4) is 5.75 Å². The second kappa shape index (κ2) is 6.43. The van der Waals surface area contributed by atoms with Crippen molar-refractivity contribution in [3.63, 3.8) is 0 Å². The highest BCUT2D eigenvalue weighted by atomic mass is 16.5. The van der Waals surface area contributed by atoms with E-state index in [4.69, 9.17) is 10.5 Å². The Kier molecular flexibility index (Phi) is 4.62. The van der Waals surface area contributed by atoms with Crippen molar-refractivity contribution in [2.75, 3.05) is 6.61 Å². The molecule has 3 heteroatoms. The molecule has 0 amide bonds. The maximum absolute atomic E-state index is 6.10. The number of amidine groups is 1. The third-order valence-corrected chi connectivity index (χ3v) is 3.43. The van der Waals surface area contributed by atoms with Crippen molar-refractivity contribution >= 4 is 11.5 Å². The Morgan fingerprint density at radius 1 is 1.22 bits per heavy atom. The molecule has 2 rings (SSSR count). The summed E-state index contributed by atoms with van der Waals surface area (Å²) in [5, 5.41) is 0. The third-order valence-electron chi connectivity index (χ3n) is 3.43. The SMILES string of the molecule is CCOc1ccc(N=C(N)C2CCCCC2)cc1. The normalized spacial score (nSPS) is 17.7. The van der Waals surface area contributed by atoms with Crippen LogP contribution in [-0.4, -0.2) is 12.4 Å². The minimum Gasteiger partial charge on any atom is -0.494 e. The Morgan fingerprint density at radius 2 is 1.89 bits per heavy atom. The van der Waals surface area contributed by atoms with E-state index in [9.17, 15) is 0 Å². The highest BCUT2D eigenvalue weighted by molar-refractivity contribution is 5.85. The molecule has 1 aromatic carbocycles. The second-order valence-corrected chi connectivity index (χ2v) is 4.80. The molecule has 0 unspecified atom stereocenters. The first-order chi connectivity index (χ1) is 8.79. The van der Waals surface area contributed by atoms with E-state index < -0.39 is 0 Å². The fourth-order valence-electron chi connectivity index (χ4n) is 2.42. The van der Waals surface area contributed by atoms with E-state index in [2.05, 4.69) is 4.99 Å². The van der Waals surface area contributed by atoms with Crippen molar-refractivity contribution in [1.29, 1.82) is 0 Å². The first-order valence-corrected chi connectivity index (χ1v) is 6.86. The van der Waals surface area contributed by atoms with Crippen LogP contribution in [0.4, 0.5) is 5.69 Å². The van der Waals surface area contributed by atoms with E-state index >= 15 is 0 Å². The first kappa shape index (κ1) is 12.9. The molecule has 0 radical (unpaired) electrons. The minimum absolute atomic E-state index is 0.477. The number of nitrogens with two attached hydrogens (primary N) is 1. The van der Waals surface area contributed by atoms with Crippen LogP contribution in [0.5, 0.6) is 5.75 Å². The highest BCUT2D eigenvalue weighted by Gasteiger charge is 2.16. The number of benzene rings is 1. The molecule has 0 spiro atoms. The molecule has 1 saturated carbocycles. The average Bonchev–Trinajstić information content (AvgIpc) is 2.42. The summed E-state index contributed by atoms with van der Waals surface area (Å²) < 4.78 is 5.40. The van der Waals surface area contributed by atoms with Crippen LogP contribution in [-0.2, 0) is 0 Å². The molecule has 0 aromatic heterocycles. The van der Waals surface area contributed by atoms with E-state index in [0.717, 1.165) is 17.3 Å². The van der Waals surface area contributed by atoms with Gasteiger partial charge in [-0.1, -0.05) is 19.3 Å². The van der Waals surface area contributed by atoms with Gasteiger partial charge in [0.05, 0.1) is 12.3 Å². The average molecular weight is 246 g/mol. The summed E-state index contributed by atoms with van der Waals surface area (Å²) in [5.41, 5.74) is 7.01. The Bertz CT molecular complexity index is 391. The Hall–Kier alpha value is -1.51. The molecule has 1 aliphatic rings.